The molecule has 2 N–H and O–H groups in total. The van der Waals surface area contributed by atoms with E-state index >= 15 is 0 Å². The van der Waals surface area contributed by atoms with E-state index in [4.69, 9.17) is 10.5 Å². The fraction of sp³-hybridized carbons (Fsp3) is 0.917. The average Bonchev–Trinajstić information content (AvgIpc) is 2.76. The lowest BCUT2D eigenvalue weighted by molar-refractivity contribution is -0.139. The number of nitrogens with zero attached hydrogens (tertiary/aromatic N) is 2. The fourth-order valence-corrected chi connectivity index (χ4v) is 2.63. The van der Waals surface area contributed by atoms with Crippen molar-refractivity contribution >= 4 is 5.91 Å². The maximum atomic E-state index is 12.4. The molecule has 0 radical (unpaired) electrons. The Morgan fingerprint density at radius 2 is 2.29 bits per heavy atom. The molecule has 2 heterocycles. The Hall–Kier alpha value is -0.650. The van der Waals surface area contributed by atoms with E-state index in [9.17, 15) is 4.79 Å². The molecule has 2 aliphatic rings. The second-order valence-corrected chi connectivity index (χ2v) is 5.47. The number of likely N-dealkylation sites (tertiary alicyclic amines) is 1. The van der Waals surface area contributed by atoms with Gasteiger partial charge in [-0.05, 0) is 33.4 Å². The van der Waals surface area contributed by atoms with Crippen LogP contribution >= 0.6 is 0 Å². The third-order valence-corrected chi connectivity index (χ3v) is 3.89. The van der Waals surface area contributed by atoms with Gasteiger partial charge in [-0.1, -0.05) is 0 Å². The average molecular weight is 241 g/mol. The predicted molar refractivity (Wildman–Crippen MR) is 65.6 cm³/mol. The van der Waals surface area contributed by atoms with E-state index in [1.165, 1.54) is 0 Å². The zero-order valence-corrected chi connectivity index (χ0v) is 10.8. The standard InChI is InChI=1S/C12H23N3O2/c1-14(2)10-4-3-6-15(8-10)11(16)12(13)5-7-17-9-12/h10H,3-9,13H2,1-2H3. The molecule has 0 aromatic heterocycles. The Balaban J connectivity index is 1.99. The summed E-state index contributed by atoms with van der Waals surface area (Å²) in [4.78, 5) is 16.5. The van der Waals surface area contributed by atoms with Gasteiger partial charge in [-0.15, -0.1) is 0 Å². The molecular weight excluding hydrogens is 218 g/mol. The van der Waals surface area contributed by atoms with Gasteiger partial charge in [0.15, 0.2) is 0 Å². The third kappa shape index (κ3) is 2.61. The van der Waals surface area contributed by atoms with Crippen molar-refractivity contribution in [2.45, 2.75) is 30.8 Å². The molecule has 0 saturated carbocycles. The second kappa shape index (κ2) is 4.92. The maximum absolute atomic E-state index is 12.4. The summed E-state index contributed by atoms with van der Waals surface area (Å²) in [6.45, 7) is 2.61. The third-order valence-electron chi connectivity index (χ3n) is 3.89. The highest BCUT2D eigenvalue weighted by molar-refractivity contribution is 5.86. The van der Waals surface area contributed by atoms with Gasteiger partial charge in [-0.3, -0.25) is 4.79 Å². The molecule has 0 bridgehead atoms. The van der Waals surface area contributed by atoms with Crippen molar-refractivity contribution in [3.05, 3.63) is 0 Å². The number of hydrogen-bond donors (Lipinski definition) is 1. The Labute approximate surface area is 103 Å². The molecule has 0 aliphatic carbocycles. The summed E-state index contributed by atoms with van der Waals surface area (Å²) in [7, 11) is 4.13. The molecule has 2 fully saturated rings. The Morgan fingerprint density at radius 1 is 1.53 bits per heavy atom. The monoisotopic (exact) mass is 241 g/mol. The number of amides is 1. The molecule has 2 saturated heterocycles. The molecule has 2 atom stereocenters. The largest absolute Gasteiger partial charge is 0.379 e. The van der Waals surface area contributed by atoms with E-state index < -0.39 is 5.54 Å². The number of ether oxygens (including phenoxy) is 1. The molecule has 1 amide bonds. The quantitative estimate of drug-likeness (QED) is 0.718. The summed E-state index contributed by atoms with van der Waals surface area (Å²) >= 11 is 0. The molecule has 2 aliphatic heterocycles. The Kier molecular flexibility index (Phi) is 3.70. The number of piperidine rings is 1. The highest BCUT2D eigenvalue weighted by Gasteiger charge is 2.42. The molecule has 2 rings (SSSR count). The Bertz CT molecular complexity index is 287. The molecule has 0 aromatic rings. The summed E-state index contributed by atoms with van der Waals surface area (Å²) in [5.74, 6) is 0.0709. The molecule has 98 valence electrons. The van der Waals surface area contributed by atoms with Crippen LogP contribution in [0.15, 0.2) is 0 Å². The number of hydrogen-bond acceptors (Lipinski definition) is 4. The lowest BCUT2D eigenvalue weighted by Gasteiger charge is -2.39. The van der Waals surface area contributed by atoms with Crippen LogP contribution in [0.5, 0.6) is 0 Å². The zero-order valence-electron chi connectivity index (χ0n) is 10.8. The van der Waals surface area contributed by atoms with Gasteiger partial charge in [0.2, 0.25) is 5.91 Å². The van der Waals surface area contributed by atoms with E-state index in [1.54, 1.807) is 0 Å². The smallest absolute Gasteiger partial charge is 0.245 e. The first-order valence-electron chi connectivity index (χ1n) is 6.35. The number of carbonyl (C=O) groups is 1. The van der Waals surface area contributed by atoms with Crippen molar-refractivity contribution in [2.24, 2.45) is 5.73 Å². The minimum absolute atomic E-state index is 0.0709. The van der Waals surface area contributed by atoms with Crippen molar-refractivity contribution in [1.29, 1.82) is 0 Å². The number of carbonyl (C=O) groups excluding carboxylic acids is 1. The summed E-state index contributed by atoms with van der Waals surface area (Å²) in [6, 6.07) is 0.457. The lowest BCUT2D eigenvalue weighted by Crippen LogP contribution is -2.59. The summed E-state index contributed by atoms with van der Waals surface area (Å²) in [6.07, 6.45) is 2.87. The molecule has 2 unspecified atom stereocenters. The molecule has 0 aromatic carbocycles. The van der Waals surface area contributed by atoms with Crippen LogP contribution in [-0.4, -0.2) is 67.7 Å². The molecule has 5 nitrogen and oxygen atoms in total. The van der Waals surface area contributed by atoms with Crippen molar-refractivity contribution in [3.63, 3.8) is 0 Å². The van der Waals surface area contributed by atoms with Gasteiger partial charge in [0.05, 0.1) is 6.61 Å². The van der Waals surface area contributed by atoms with Gasteiger partial charge in [-0.25, -0.2) is 0 Å². The van der Waals surface area contributed by atoms with Gasteiger partial charge in [0.1, 0.15) is 5.54 Å². The number of rotatable bonds is 2. The van der Waals surface area contributed by atoms with Gasteiger partial charge in [0.25, 0.3) is 0 Å². The van der Waals surface area contributed by atoms with E-state index in [0.717, 1.165) is 25.9 Å². The zero-order chi connectivity index (χ0) is 12.5. The van der Waals surface area contributed by atoms with Crippen LogP contribution in [0, 0.1) is 0 Å². The molecule has 5 heteroatoms. The van der Waals surface area contributed by atoms with Crippen molar-refractivity contribution in [2.75, 3.05) is 40.4 Å². The van der Waals surface area contributed by atoms with Crippen molar-refractivity contribution in [3.8, 4) is 0 Å². The van der Waals surface area contributed by atoms with Crippen LogP contribution in [0.4, 0.5) is 0 Å². The van der Waals surface area contributed by atoms with Gasteiger partial charge < -0.3 is 20.3 Å². The normalized spacial score (nSPS) is 34.4. The van der Waals surface area contributed by atoms with Crippen molar-refractivity contribution in [1.82, 2.24) is 9.80 Å². The first-order valence-corrected chi connectivity index (χ1v) is 6.35. The first kappa shape index (κ1) is 12.8. The molecular formula is C12H23N3O2. The van der Waals surface area contributed by atoms with Crippen LogP contribution in [0.25, 0.3) is 0 Å². The Morgan fingerprint density at radius 3 is 2.88 bits per heavy atom. The summed E-state index contributed by atoms with van der Waals surface area (Å²) < 4.78 is 5.26. The molecule has 17 heavy (non-hydrogen) atoms. The van der Waals surface area contributed by atoms with Crippen LogP contribution < -0.4 is 5.73 Å². The van der Waals surface area contributed by atoms with Gasteiger partial charge >= 0.3 is 0 Å². The number of nitrogens with two attached hydrogens (primary N) is 1. The first-order chi connectivity index (χ1) is 8.03. The van der Waals surface area contributed by atoms with Crippen LogP contribution in [-0.2, 0) is 9.53 Å². The number of likely N-dealkylation sites (N-methyl/N-ethyl adjacent to an activating group) is 1. The van der Waals surface area contributed by atoms with Crippen LogP contribution in [0.1, 0.15) is 19.3 Å². The van der Waals surface area contributed by atoms with E-state index in [2.05, 4.69) is 19.0 Å². The minimum atomic E-state index is -0.770. The lowest BCUT2D eigenvalue weighted by atomic mass is 9.95. The van der Waals surface area contributed by atoms with Crippen LogP contribution in [0.3, 0.4) is 0 Å². The highest BCUT2D eigenvalue weighted by atomic mass is 16.5. The topological polar surface area (TPSA) is 58.8 Å². The van der Waals surface area contributed by atoms with E-state index in [-0.39, 0.29) is 5.91 Å². The summed E-state index contributed by atoms with van der Waals surface area (Å²) in [5, 5.41) is 0. The molecule has 0 spiro atoms. The van der Waals surface area contributed by atoms with E-state index in [0.29, 0.717) is 25.7 Å². The second-order valence-electron chi connectivity index (χ2n) is 5.47. The fourth-order valence-electron chi connectivity index (χ4n) is 2.63. The maximum Gasteiger partial charge on any atom is 0.245 e. The predicted octanol–water partition coefficient (Wildman–Crippen LogP) is -0.343. The van der Waals surface area contributed by atoms with Gasteiger partial charge in [-0.2, -0.15) is 0 Å². The van der Waals surface area contributed by atoms with Gasteiger partial charge in [0, 0.05) is 25.7 Å². The van der Waals surface area contributed by atoms with Crippen LogP contribution in [0.2, 0.25) is 0 Å². The van der Waals surface area contributed by atoms with E-state index in [1.807, 2.05) is 4.90 Å². The van der Waals surface area contributed by atoms with Crippen molar-refractivity contribution < 1.29 is 9.53 Å². The minimum Gasteiger partial charge on any atom is -0.379 e. The summed E-state index contributed by atoms with van der Waals surface area (Å²) in [5.41, 5.74) is 5.36. The highest BCUT2D eigenvalue weighted by Crippen LogP contribution is 2.22. The SMILES string of the molecule is CN(C)C1CCCN(C(=O)C2(N)CCOC2)C1.